The van der Waals surface area contributed by atoms with E-state index in [2.05, 4.69) is 20.4 Å². The summed E-state index contributed by atoms with van der Waals surface area (Å²) < 4.78 is 48.2. The standard InChI is InChI=1S/C26H29F3N6O2/c1-5-6-11-30-20-8-7-18(14-16(20)2)19-9-13-35-22(19)23(37-24(27)28)32-25(33-35)31-21-10-12-34(17(3)36)15-26(21,4)29/h5-9,11,13-14,21,24H,10,12,15H2,1-4H3,(H,31,33). The van der Waals surface area contributed by atoms with E-state index in [9.17, 15) is 13.6 Å². The number of carbonyl (C=O) groups excluding carboxylic acids is 1. The van der Waals surface area contributed by atoms with Gasteiger partial charge in [0.1, 0.15) is 11.2 Å². The molecule has 37 heavy (non-hydrogen) atoms. The van der Waals surface area contributed by atoms with Gasteiger partial charge in [0.25, 0.3) is 0 Å². The summed E-state index contributed by atoms with van der Waals surface area (Å²) in [6.45, 7) is 3.73. The second-order valence-electron chi connectivity index (χ2n) is 9.15. The van der Waals surface area contributed by atoms with Gasteiger partial charge in [0.15, 0.2) is 0 Å². The Kier molecular flexibility index (Phi) is 7.51. The second-order valence-corrected chi connectivity index (χ2v) is 9.15. The summed E-state index contributed by atoms with van der Waals surface area (Å²) in [5, 5.41) is 7.31. The molecule has 1 fully saturated rings. The molecule has 1 aliphatic heterocycles. The largest absolute Gasteiger partial charge is 0.414 e. The van der Waals surface area contributed by atoms with Crippen LogP contribution in [0.3, 0.4) is 0 Å². The van der Waals surface area contributed by atoms with E-state index in [4.69, 9.17) is 4.74 Å². The molecule has 0 aliphatic carbocycles. The fourth-order valence-corrected chi connectivity index (χ4v) is 4.43. The third-order valence-electron chi connectivity index (χ3n) is 6.34. The highest BCUT2D eigenvalue weighted by Gasteiger charge is 2.41. The van der Waals surface area contributed by atoms with Crippen LogP contribution in [-0.2, 0) is 4.79 Å². The van der Waals surface area contributed by atoms with Gasteiger partial charge in [-0.05, 0) is 62.6 Å². The van der Waals surface area contributed by atoms with Gasteiger partial charge in [0, 0.05) is 31.4 Å². The quantitative estimate of drug-likeness (QED) is 0.430. The molecule has 3 aromatic rings. The van der Waals surface area contributed by atoms with E-state index in [1.807, 2.05) is 44.2 Å². The first-order valence-electron chi connectivity index (χ1n) is 11.9. The van der Waals surface area contributed by atoms with Crippen LogP contribution in [0.4, 0.5) is 24.8 Å². The van der Waals surface area contributed by atoms with Crippen molar-refractivity contribution in [3.05, 3.63) is 48.2 Å². The van der Waals surface area contributed by atoms with Crippen LogP contribution in [0, 0.1) is 6.92 Å². The number of likely N-dealkylation sites (tertiary alicyclic amines) is 1. The molecule has 1 saturated heterocycles. The number of alkyl halides is 3. The summed E-state index contributed by atoms with van der Waals surface area (Å²) in [5.74, 6) is -0.595. The van der Waals surface area contributed by atoms with Crippen molar-refractivity contribution in [3.8, 4) is 17.0 Å². The Bertz CT molecular complexity index is 1350. The lowest BCUT2D eigenvalue weighted by atomic mass is 9.91. The zero-order valence-corrected chi connectivity index (χ0v) is 21.1. The molecular weight excluding hydrogens is 485 g/mol. The lowest BCUT2D eigenvalue weighted by Gasteiger charge is -2.41. The van der Waals surface area contributed by atoms with Crippen LogP contribution >= 0.6 is 0 Å². The number of allylic oxidation sites excluding steroid dienone is 2. The molecule has 1 aromatic carbocycles. The number of aromatic nitrogens is 3. The van der Waals surface area contributed by atoms with Gasteiger partial charge >= 0.3 is 6.61 Å². The van der Waals surface area contributed by atoms with E-state index in [0.29, 0.717) is 18.5 Å². The van der Waals surface area contributed by atoms with E-state index in [-0.39, 0.29) is 29.8 Å². The van der Waals surface area contributed by atoms with E-state index < -0.39 is 18.3 Å². The maximum absolute atomic E-state index is 15.4. The topological polar surface area (TPSA) is 84.1 Å². The molecule has 2 aromatic heterocycles. The number of ether oxygens (including phenoxy) is 1. The molecule has 1 N–H and O–H groups in total. The SMILES string of the molecule is CC=CC=Nc1ccc(-c2ccn3nc(NC4CCN(C(C)=O)CC4(C)F)nc(OC(F)F)c23)cc1C. The number of aryl methyl sites for hydroxylation is 1. The number of rotatable bonds is 7. The number of aliphatic imine (C=N–C) groups is 1. The van der Waals surface area contributed by atoms with Crippen LogP contribution < -0.4 is 10.1 Å². The maximum atomic E-state index is 15.4. The molecule has 0 bridgehead atoms. The van der Waals surface area contributed by atoms with Crippen molar-refractivity contribution in [2.75, 3.05) is 18.4 Å². The minimum atomic E-state index is -3.12. The molecule has 0 radical (unpaired) electrons. The van der Waals surface area contributed by atoms with Gasteiger partial charge in [-0.3, -0.25) is 9.79 Å². The minimum absolute atomic E-state index is 0.0553. The van der Waals surface area contributed by atoms with Crippen molar-refractivity contribution in [2.24, 2.45) is 4.99 Å². The zero-order valence-electron chi connectivity index (χ0n) is 21.1. The normalized spacial score (nSPS) is 20.4. The molecule has 1 aliphatic rings. The first-order valence-corrected chi connectivity index (χ1v) is 11.9. The monoisotopic (exact) mass is 514 g/mol. The number of hydrogen-bond acceptors (Lipinski definition) is 6. The Morgan fingerprint density at radius 2 is 2.14 bits per heavy atom. The van der Waals surface area contributed by atoms with Crippen molar-refractivity contribution in [3.63, 3.8) is 0 Å². The number of nitrogens with one attached hydrogen (secondary N) is 1. The first kappa shape index (κ1) is 26.2. The number of nitrogens with zero attached hydrogens (tertiary/aromatic N) is 5. The summed E-state index contributed by atoms with van der Waals surface area (Å²) in [6, 6.07) is 6.57. The number of amides is 1. The Hall–Kier alpha value is -3.89. The average Bonchev–Trinajstić information content (AvgIpc) is 3.25. The highest BCUT2D eigenvalue weighted by atomic mass is 19.3. The van der Waals surface area contributed by atoms with Crippen molar-refractivity contribution >= 4 is 29.3 Å². The molecule has 1 amide bonds. The van der Waals surface area contributed by atoms with Crippen molar-refractivity contribution in [2.45, 2.75) is 52.4 Å². The third kappa shape index (κ3) is 5.76. The summed E-state index contributed by atoms with van der Waals surface area (Å²) in [4.78, 5) is 21.7. The molecular formula is C26H29F3N6O2. The predicted octanol–water partition coefficient (Wildman–Crippen LogP) is 5.35. The van der Waals surface area contributed by atoms with Crippen LogP contribution in [0.1, 0.15) is 32.8 Å². The lowest BCUT2D eigenvalue weighted by Crippen LogP contribution is -2.56. The number of piperidine rings is 1. The van der Waals surface area contributed by atoms with Crippen molar-refractivity contribution in [1.29, 1.82) is 0 Å². The van der Waals surface area contributed by atoms with Crippen LogP contribution in [0.5, 0.6) is 5.88 Å². The van der Waals surface area contributed by atoms with Gasteiger partial charge in [-0.15, -0.1) is 5.10 Å². The average molecular weight is 515 g/mol. The van der Waals surface area contributed by atoms with Crippen LogP contribution in [0.2, 0.25) is 0 Å². The van der Waals surface area contributed by atoms with Crippen LogP contribution in [0.15, 0.2) is 47.6 Å². The molecule has 2 unspecified atom stereocenters. The fraction of sp³-hybridized carbons (Fsp3) is 0.385. The Balaban J connectivity index is 1.69. The minimum Gasteiger partial charge on any atom is -0.414 e. The van der Waals surface area contributed by atoms with Crippen LogP contribution in [-0.4, -0.2) is 63.0 Å². The van der Waals surface area contributed by atoms with Gasteiger partial charge in [-0.2, -0.15) is 13.8 Å². The summed E-state index contributed by atoms with van der Waals surface area (Å²) in [6.07, 6.45) is 7.30. The Morgan fingerprint density at radius 1 is 1.35 bits per heavy atom. The van der Waals surface area contributed by atoms with E-state index >= 15 is 4.39 Å². The number of halogens is 3. The third-order valence-corrected chi connectivity index (χ3v) is 6.34. The molecule has 3 heterocycles. The molecule has 2 atom stereocenters. The lowest BCUT2D eigenvalue weighted by molar-refractivity contribution is -0.132. The van der Waals surface area contributed by atoms with Crippen molar-refractivity contribution in [1.82, 2.24) is 19.5 Å². The predicted molar refractivity (Wildman–Crippen MR) is 137 cm³/mol. The highest BCUT2D eigenvalue weighted by molar-refractivity contribution is 5.86. The molecule has 0 spiro atoms. The Labute approximate surface area is 212 Å². The van der Waals surface area contributed by atoms with Gasteiger partial charge in [-0.1, -0.05) is 12.1 Å². The summed E-state index contributed by atoms with van der Waals surface area (Å²) in [7, 11) is 0. The molecule has 196 valence electrons. The second kappa shape index (κ2) is 10.6. The summed E-state index contributed by atoms with van der Waals surface area (Å²) in [5.41, 5.74) is 1.50. The number of hydrogen-bond donors (Lipinski definition) is 1. The zero-order chi connectivity index (χ0) is 26.7. The van der Waals surface area contributed by atoms with Gasteiger partial charge in [-0.25, -0.2) is 8.91 Å². The van der Waals surface area contributed by atoms with Crippen LogP contribution in [0.25, 0.3) is 16.6 Å². The summed E-state index contributed by atoms with van der Waals surface area (Å²) >= 11 is 0. The highest BCUT2D eigenvalue weighted by Crippen LogP contribution is 2.35. The van der Waals surface area contributed by atoms with Gasteiger partial charge in [0.05, 0.1) is 18.3 Å². The van der Waals surface area contributed by atoms with Gasteiger partial charge in [0.2, 0.25) is 17.7 Å². The fourth-order valence-electron chi connectivity index (χ4n) is 4.43. The number of benzene rings is 1. The van der Waals surface area contributed by atoms with E-state index in [1.54, 1.807) is 18.5 Å². The maximum Gasteiger partial charge on any atom is 0.388 e. The number of anilines is 1. The van der Waals surface area contributed by atoms with E-state index in [1.165, 1.54) is 23.3 Å². The Morgan fingerprint density at radius 3 is 2.78 bits per heavy atom. The van der Waals surface area contributed by atoms with E-state index in [0.717, 1.165) is 16.8 Å². The first-order chi connectivity index (χ1) is 17.6. The molecule has 4 rings (SSSR count). The number of carbonyl (C=O) groups is 1. The van der Waals surface area contributed by atoms with Gasteiger partial charge < -0.3 is 15.0 Å². The smallest absolute Gasteiger partial charge is 0.388 e. The molecule has 0 saturated carbocycles. The molecule has 8 nitrogen and oxygen atoms in total. The molecule has 11 heteroatoms. The number of fused-ring (bicyclic) bond motifs is 1. The van der Waals surface area contributed by atoms with Crippen molar-refractivity contribution < 1.29 is 22.7 Å².